The maximum Gasteiger partial charge on any atom is 0.314 e. The number of hydrogen-bond donors (Lipinski definition) is 0. The van der Waals surface area contributed by atoms with Crippen LogP contribution < -0.4 is 4.74 Å². The van der Waals surface area contributed by atoms with Gasteiger partial charge in [0.05, 0.1) is 19.3 Å². The molecule has 3 nitrogen and oxygen atoms in total. The molecule has 0 amide bonds. The third-order valence-corrected chi connectivity index (χ3v) is 1.81. The SMILES string of the molecule is C=COC(=O)CCOc1ccc(C)cc1. The van der Waals surface area contributed by atoms with Gasteiger partial charge in [-0.15, -0.1) is 0 Å². The number of hydrogen-bond acceptors (Lipinski definition) is 3. The molecule has 0 aliphatic heterocycles. The van der Waals surface area contributed by atoms with Crippen molar-refractivity contribution in [2.45, 2.75) is 13.3 Å². The topological polar surface area (TPSA) is 35.5 Å². The summed E-state index contributed by atoms with van der Waals surface area (Å²) in [5.41, 5.74) is 1.17. The van der Waals surface area contributed by atoms with Crippen molar-refractivity contribution in [2.75, 3.05) is 6.61 Å². The predicted molar refractivity (Wildman–Crippen MR) is 57.6 cm³/mol. The van der Waals surface area contributed by atoms with Crippen LogP contribution in [0.2, 0.25) is 0 Å². The van der Waals surface area contributed by atoms with E-state index in [9.17, 15) is 4.79 Å². The quantitative estimate of drug-likeness (QED) is 0.548. The highest BCUT2D eigenvalue weighted by molar-refractivity contribution is 5.70. The number of rotatable bonds is 5. The molecule has 0 unspecified atom stereocenters. The average Bonchev–Trinajstić information content (AvgIpc) is 2.21. The van der Waals surface area contributed by atoms with Gasteiger partial charge in [0.2, 0.25) is 0 Å². The van der Waals surface area contributed by atoms with E-state index in [1.807, 2.05) is 31.2 Å². The van der Waals surface area contributed by atoms with E-state index in [1.165, 1.54) is 5.56 Å². The Morgan fingerprint density at radius 3 is 2.67 bits per heavy atom. The summed E-state index contributed by atoms with van der Waals surface area (Å²) >= 11 is 0. The molecule has 1 aromatic carbocycles. The third-order valence-electron chi connectivity index (χ3n) is 1.81. The normalized spacial score (nSPS) is 9.40. The fourth-order valence-corrected chi connectivity index (χ4v) is 1.04. The van der Waals surface area contributed by atoms with Crippen molar-refractivity contribution in [3.8, 4) is 5.75 Å². The number of aryl methyl sites for hydroxylation is 1. The predicted octanol–water partition coefficient (Wildman–Crippen LogP) is 2.45. The van der Waals surface area contributed by atoms with Gasteiger partial charge in [-0.1, -0.05) is 24.3 Å². The van der Waals surface area contributed by atoms with Crippen molar-refractivity contribution < 1.29 is 14.3 Å². The lowest BCUT2D eigenvalue weighted by Crippen LogP contribution is -2.06. The largest absolute Gasteiger partial charge is 0.493 e. The summed E-state index contributed by atoms with van der Waals surface area (Å²) in [6, 6.07) is 7.65. The Morgan fingerprint density at radius 2 is 2.07 bits per heavy atom. The van der Waals surface area contributed by atoms with Crippen LogP contribution in [0.15, 0.2) is 37.1 Å². The maximum absolute atomic E-state index is 10.9. The molecule has 0 aliphatic carbocycles. The van der Waals surface area contributed by atoms with Gasteiger partial charge in [0, 0.05) is 0 Å². The van der Waals surface area contributed by atoms with Gasteiger partial charge in [-0.3, -0.25) is 4.79 Å². The first-order chi connectivity index (χ1) is 7.22. The van der Waals surface area contributed by atoms with Crippen LogP contribution in [-0.4, -0.2) is 12.6 Å². The Labute approximate surface area is 89.3 Å². The molecule has 0 saturated heterocycles. The summed E-state index contributed by atoms with van der Waals surface area (Å²) in [5, 5.41) is 0. The number of carbonyl (C=O) groups is 1. The first-order valence-electron chi connectivity index (χ1n) is 4.72. The Morgan fingerprint density at radius 1 is 1.40 bits per heavy atom. The minimum atomic E-state index is -0.336. The summed E-state index contributed by atoms with van der Waals surface area (Å²) in [4.78, 5) is 10.9. The van der Waals surface area contributed by atoms with E-state index < -0.39 is 0 Å². The fraction of sp³-hybridized carbons (Fsp3) is 0.250. The second-order valence-corrected chi connectivity index (χ2v) is 3.07. The number of carbonyl (C=O) groups excluding carboxylic acids is 1. The Hall–Kier alpha value is -1.77. The first kappa shape index (κ1) is 11.3. The molecular weight excluding hydrogens is 192 g/mol. The van der Waals surface area contributed by atoms with E-state index >= 15 is 0 Å². The van der Waals surface area contributed by atoms with Gasteiger partial charge in [-0.05, 0) is 19.1 Å². The van der Waals surface area contributed by atoms with E-state index in [2.05, 4.69) is 11.3 Å². The third kappa shape index (κ3) is 4.31. The smallest absolute Gasteiger partial charge is 0.314 e. The molecule has 3 heteroatoms. The lowest BCUT2D eigenvalue weighted by Gasteiger charge is -2.05. The van der Waals surface area contributed by atoms with Crippen LogP contribution in [0.5, 0.6) is 5.75 Å². The number of esters is 1. The van der Waals surface area contributed by atoms with Crippen molar-refractivity contribution in [1.29, 1.82) is 0 Å². The van der Waals surface area contributed by atoms with Gasteiger partial charge in [0.1, 0.15) is 5.75 Å². The van der Waals surface area contributed by atoms with Crippen LogP contribution in [0.3, 0.4) is 0 Å². The number of ether oxygens (including phenoxy) is 2. The van der Waals surface area contributed by atoms with Gasteiger partial charge < -0.3 is 9.47 Å². The van der Waals surface area contributed by atoms with Crippen LogP contribution in [0, 0.1) is 6.92 Å². The highest BCUT2D eigenvalue weighted by atomic mass is 16.5. The maximum atomic E-state index is 10.9. The molecule has 0 atom stereocenters. The minimum Gasteiger partial charge on any atom is -0.493 e. The summed E-state index contributed by atoms with van der Waals surface area (Å²) < 4.78 is 9.89. The van der Waals surface area contributed by atoms with Gasteiger partial charge in [0.15, 0.2) is 0 Å². The number of benzene rings is 1. The van der Waals surface area contributed by atoms with Gasteiger partial charge in [0.25, 0.3) is 0 Å². The molecule has 0 saturated carbocycles. The Bertz CT molecular complexity index is 327. The molecular formula is C12H14O3. The summed E-state index contributed by atoms with van der Waals surface area (Å²) in [6.07, 6.45) is 1.34. The summed E-state index contributed by atoms with van der Waals surface area (Å²) in [5.74, 6) is 0.420. The molecule has 0 spiro atoms. The van der Waals surface area contributed by atoms with E-state index in [1.54, 1.807) is 0 Å². The van der Waals surface area contributed by atoms with Crippen LogP contribution in [0.4, 0.5) is 0 Å². The zero-order valence-electron chi connectivity index (χ0n) is 8.73. The lowest BCUT2D eigenvalue weighted by molar-refractivity contribution is -0.138. The van der Waals surface area contributed by atoms with Gasteiger partial charge >= 0.3 is 5.97 Å². The average molecular weight is 206 g/mol. The monoisotopic (exact) mass is 206 g/mol. The van der Waals surface area contributed by atoms with E-state index in [0.717, 1.165) is 12.0 Å². The molecule has 0 fully saturated rings. The zero-order valence-corrected chi connectivity index (χ0v) is 8.73. The van der Waals surface area contributed by atoms with Crippen molar-refractivity contribution in [3.05, 3.63) is 42.7 Å². The molecule has 0 aliphatic rings. The fourth-order valence-electron chi connectivity index (χ4n) is 1.04. The second kappa shape index (κ2) is 5.86. The molecule has 0 aromatic heterocycles. The standard InChI is InChI=1S/C12H14O3/c1-3-14-12(13)8-9-15-11-6-4-10(2)5-7-11/h3-7H,1,8-9H2,2H3. The van der Waals surface area contributed by atoms with Crippen LogP contribution in [0.1, 0.15) is 12.0 Å². The van der Waals surface area contributed by atoms with Crippen molar-refractivity contribution in [3.63, 3.8) is 0 Å². The second-order valence-electron chi connectivity index (χ2n) is 3.07. The van der Waals surface area contributed by atoms with Gasteiger partial charge in [-0.25, -0.2) is 0 Å². The molecule has 80 valence electrons. The molecule has 15 heavy (non-hydrogen) atoms. The molecule has 0 N–H and O–H groups in total. The lowest BCUT2D eigenvalue weighted by atomic mass is 10.2. The van der Waals surface area contributed by atoms with Crippen molar-refractivity contribution in [1.82, 2.24) is 0 Å². The van der Waals surface area contributed by atoms with E-state index in [4.69, 9.17) is 4.74 Å². The summed E-state index contributed by atoms with van der Waals surface area (Å²) in [6.45, 7) is 5.61. The molecule has 0 heterocycles. The zero-order chi connectivity index (χ0) is 11.1. The van der Waals surface area contributed by atoms with Crippen LogP contribution in [0.25, 0.3) is 0 Å². The first-order valence-corrected chi connectivity index (χ1v) is 4.72. The van der Waals surface area contributed by atoms with Crippen molar-refractivity contribution >= 4 is 5.97 Å². The van der Waals surface area contributed by atoms with Crippen LogP contribution in [-0.2, 0) is 9.53 Å². The van der Waals surface area contributed by atoms with E-state index in [0.29, 0.717) is 6.61 Å². The minimum absolute atomic E-state index is 0.222. The van der Waals surface area contributed by atoms with Gasteiger partial charge in [-0.2, -0.15) is 0 Å². The molecule has 0 radical (unpaired) electrons. The Balaban J connectivity index is 2.28. The summed E-state index contributed by atoms with van der Waals surface area (Å²) in [7, 11) is 0. The molecule has 0 bridgehead atoms. The van der Waals surface area contributed by atoms with E-state index in [-0.39, 0.29) is 12.4 Å². The highest BCUT2D eigenvalue weighted by Gasteiger charge is 2.01. The molecule has 1 rings (SSSR count). The highest BCUT2D eigenvalue weighted by Crippen LogP contribution is 2.11. The molecule has 1 aromatic rings. The van der Waals surface area contributed by atoms with Crippen LogP contribution >= 0.6 is 0 Å². The Kier molecular flexibility index (Phi) is 4.41. The van der Waals surface area contributed by atoms with Crippen molar-refractivity contribution in [2.24, 2.45) is 0 Å².